The van der Waals surface area contributed by atoms with Crippen molar-refractivity contribution in [3.63, 3.8) is 0 Å². The molecule has 4 nitrogen and oxygen atoms in total. The van der Waals surface area contributed by atoms with E-state index >= 15 is 0 Å². The van der Waals surface area contributed by atoms with Crippen molar-refractivity contribution in [2.24, 2.45) is 0 Å². The van der Waals surface area contributed by atoms with Gasteiger partial charge in [0.1, 0.15) is 5.75 Å². The van der Waals surface area contributed by atoms with Crippen LogP contribution >= 0.6 is 11.6 Å². The number of carbonyl (C=O) groups is 1. The van der Waals surface area contributed by atoms with Crippen LogP contribution < -0.4 is 10.1 Å². The summed E-state index contributed by atoms with van der Waals surface area (Å²) in [6.07, 6.45) is 3.61. The molecule has 1 aromatic carbocycles. The third-order valence-corrected chi connectivity index (χ3v) is 3.98. The maximum Gasteiger partial charge on any atom is 0.260 e. The average Bonchev–Trinajstić information content (AvgIpc) is 2.51. The van der Waals surface area contributed by atoms with Crippen LogP contribution in [0, 0.1) is 0 Å². The van der Waals surface area contributed by atoms with Crippen molar-refractivity contribution in [2.45, 2.75) is 32.2 Å². The van der Waals surface area contributed by atoms with Gasteiger partial charge in [0.05, 0.1) is 0 Å². The number of ether oxygens (including phenoxy) is 1. The molecule has 1 aromatic rings. The molecule has 0 radical (unpaired) electrons. The van der Waals surface area contributed by atoms with Crippen LogP contribution in [0.3, 0.4) is 0 Å². The maximum atomic E-state index is 12.2. The van der Waals surface area contributed by atoms with Crippen molar-refractivity contribution in [2.75, 3.05) is 26.2 Å². The van der Waals surface area contributed by atoms with E-state index in [0.717, 1.165) is 19.5 Å². The van der Waals surface area contributed by atoms with Crippen LogP contribution in [0.1, 0.15) is 26.2 Å². The summed E-state index contributed by atoms with van der Waals surface area (Å²) < 4.78 is 5.52. The lowest BCUT2D eigenvalue weighted by Gasteiger charge is -2.30. The standard InChI is InChI=1S/C16H23ClN2O2/c1-2-19(11-14-7-3-4-9-18-14)16(20)12-21-15-8-5-6-13(17)10-15/h5-6,8,10,14,18H,2-4,7,9,11-12H2,1H3. The molecular weight excluding hydrogens is 288 g/mol. The SMILES string of the molecule is CCN(CC1CCCCN1)C(=O)COc1cccc(Cl)c1. The molecule has 0 bridgehead atoms. The Morgan fingerprint density at radius 3 is 3.00 bits per heavy atom. The van der Waals surface area contributed by atoms with Crippen LogP contribution in [0.5, 0.6) is 5.75 Å². The van der Waals surface area contributed by atoms with Crippen molar-refractivity contribution >= 4 is 17.5 Å². The van der Waals surface area contributed by atoms with E-state index in [0.29, 0.717) is 23.4 Å². The Labute approximate surface area is 131 Å². The minimum absolute atomic E-state index is 0.0184. The van der Waals surface area contributed by atoms with Gasteiger partial charge in [0, 0.05) is 24.2 Å². The van der Waals surface area contributed by atoms with Gasteiger partial charge in [0.15, 0.2) is 6.61 Å². The molecule has 1 N–H and O–H groups in total. The molecule has 1 saturated heterocycles. The van der Waals surface area contributed by atoms with Crippen LogP contribution in [0.25, 0.3) is 0 Å². The lowest BCUT2D eigenvalue weighted by Crippen LogP contribution is -2.46. The van der Waals surface area contributed by atoms with Gasteiger partial charge in [0.2, 0.25) is 0 Å². The van der Waals surface area contributed by atoms with Gasteiger partial charge < -0.3 is 15.0 Å². The molecule has 0 spiro atoms. The van der Waals surface area contributed by atoms with Crippen LogP contribution in [0.4, 0.5) is 0 Å². The minimum atomic E-state index is 0.0184. The van der Waals surface area contributed by atoms with Crippen LogP contribution in [0.15, 0.2) is 24.3 Å². The Hall–Kier alpha value is -1.26. The highest BCUT2D eigenvalue weighted by Gasteiger charge is 2.19. The van der Waals surface area contributed by atoms with E-state index in [2.05, 4.69) is 5.32 Å². The molecule has 116 valence electrons. The van der Waals surface area contributed by atoms with Crippen molar-refractivity contribution in [1.82, 2.24) is 10.2 Å². The summed E-state index contributed by atoms with van der Waals surface area (Å²) in [4.78, 5) is 14.1. The second-order valence-corrected chi connectivity index (χ2v) is 5.76. The summed E-state index contributed by atoms with van der Waals surface area (Å²) in [6, 6.07) is 7.52. The summed E-state index contributed by atoms with van der Waals surface area (Å²) in [6.45, 7) is 4.57. The summed E-state index contributed by atoms with van der Waals surface area (Å²) in [5.74, 6) is 0.646. The highest BCUT2D eigenvalue weighted by Crippen LogP contribution is 2.17. The Kier molecular flexibility index (Phi) is 6.33. The number of carbonyl (C=O) groups excluding carboxylic acids is 1. The summed E-state index contributed by atoms with van der Waals surface area (Å²) in [5.41, 5.74) is 0. The van der Waals surface area contributed by atoms with Crippen molar-refractivity contribution in [1.29, 1.82) is 0 Å². The molecule has 1 aliphatic rings. The number of rotatable bonds is 6. The zero-order valence-electron chi connectivity index (χ0n) is 12.5. The number of nitrogens with one attached hydrogen (secondary N) is 1. The highest BCUT2D eigenvalue weighted by molar-refractivity contribution is 6.30. The topological polar surface area (TPSA) is 41.6 Å². The number of benzene rings is 1. The predicted molar refractivity (Wildman–Crippen MR) is 84.8 cm³/mol. The van der Waals surface area contributed by atoms with E-state index in [4.69, 9.17) is 16.3 Å². The van der Waals surface area contributed by atoms with Crippen molar-refractivity contribution < 1.29 is 9.53 Å². The van der Waals surface area contributed by atoms with E-state index < -0.39 is 0 Å². The number of likely N-dealkylation sites (N-methyl/N-ethyl adjacent to an activating group) is 1. The quantitative estimate of drug-likeness (QED) is 0.878. The van der Waals surface area contributed by atoms with E-state index in [1.165, 1.54) is 12.8 Å². The first-order valence-electron chi connectivity index (χ1n) is 7.58. The molecule has 1 aliphatic heterocycles. The van der Waals surface area contributed by atoms with Crippen LogP contribution in [-0.4, -0.2) is 43.1 Å². The molecule has 2 rings (SSSR count). The molecule has 1 atom stereocenters. The van der Waals surface area contributed by atoms with Gasteiger partial charge in [0.25, 0.3) is 5.91 Å². The lowest BCUT2D eigenvalue weighted by molar-refractivity contribution is -0.133. The Bertz CT molecular complexity index is 461. The van der Waals surface area contributed by atoms with Gasteiger partial charge in [-0.15, -0.1) is 0 Å². The minimum Gasteiger partial charge on any atom is -0.484 e. The Morgan fingerprint density at radius 1 is 1.48 bits per heavy atom. The van der Waals surface area contributed by atoms with Crippen molar-refractivity contribution in [3.05, 3.63) is 29.3 Å². The predicted octanol–water partition coefficient (Wildman–Crippen LogP) is 2.71. The first-order chi connectivity index (χ1) is 10.2. The fourth-order valence-corrected chi connectivity index (χ4v) is 2.73. The number of hydrogen-bond donors (Lipinski definition) is 1. The molecule has 1 fully saturated rings. The van der Waals surface area contributed by atoms with Crippen molar-refractivity contribution in [3.8, 4) is 5.75 Å². The molecular formula is C16H23ClN2O2. The third kappa shape index (κ3) is 5.21. The van der Waals surface area contributed by atoms with Gasteiger partial charge in [-0.2, -0.15) is 0 Å². The summed E-state index contributed by atoms with van der Waals surface area (Å²) >= 11 is 5.90. The van der Waals surface area contributed by atoms with E-state index in [9.17, 15) is 4.79 Å². The number of amides is 1. The second-order valence-electron chi connectivity index (χ2n) is 5.33. The number of halogens is 1. The van der Waals surface area contributed by atoms with Gasteiger partial charge in [-0.25, -0.2) is 0 Å². The summed E-state index contributed by atoms with van der Waals surface area (Å²) in [5, 5.41) is 4.08. The van der Waals surface area contributed by atoms with E-state index in [-0.39, 0.29) is 12.5 Å². The smallest absolute Gasteiger partial charge is 0.260 e. The first-order valence-corrected chi connectivity index (χ1v) is 7.96. The van der Waals surface area contributed by atoms with Gasteiger partial charge in [-0.05, 0) is 44.5 Å². The highest BCUT2D eigenvalue weighted by atomic mass is 35.5. The third-order valence-electron chi connectivity index (χ3n) is 3.75. The molecule has 0 aromatic heterocycles. The van der Waals surface area contributed by atoms with E-state index in [1.807, 2.05) is 17.9 Å². The molecule has 1 heterocycles. The van der Waals surface area contributed by atoms with Crippen LogP contribution in [-0.2, 0) is 4.79 Å². The van der Waals surface area contributed by atoms with Gasteiger partial charge >= 0.3 is 0 Å². The largest absolute Gasteiger partial charge is 0.484 e. The summed E-state index contributed by atoms with van der Waals surface area (Å²) in [7, 11) is 0. The number of piperidine rings is 1. The maximum absolute atomic E-state index is 12.2. The number of nitrogens with zero attached hydrogens (tertiary/aromatic N) is 1. The Morgan fingerprint density at radius 2 is 2.33 bits per heavy atom. The normalized spacial score (nSPS) is 18.3. The molecule has 1 amide bonds. The molecule has 5 heteroatoms. The fraction of sp³-hybridized carbons (Fsp3) is 0.562. The Balaban J connectivity index is 1.82. The van der Waals surface area contributed by atoms with E-state index in [1.54, 1.807) is 18.2 Å². The monoisotopic (exact) mass is 310 g/mol. The fourth-order valence-electron chi connectivity index (χ4n) is 2.55. The molecule has 0 aliphatic carbocycles. The second kappa shape index (κ2) is 8.25. The van der Waals surface area contributed by atoms with Gasteiger partial charge in [-0.1, -0.05) is 24.1 Å². The molecule has 0 saturated carbocycles. The van der Waals surface area contributed by atoms with Gasteiger partial charge in [-0.3, -0.25) is 4.79 Å². The lowest BCUT2D eigenvalue weighted by atomic mass is 10.0. The van der Waals surface area contributed by atoms with Crippen LogP contribution in [0.2, 0.25) is 5.02 Å². The first kappa shape index (κ1) is 16.1. The molecule has 21 heavy (non-hydrogen) atoms. The zero-order chi connectivity index (χ0) is 15.1. The number of hydrogen-bond acceptors (Lipinski definition) is 3. The zero-order valence-corrected chi connectivity index (χ0v) is 13.2. The average molecular weight is 311 g/mol. The molecule has 1 unspecified atom stereocenters.